The molecule has 5 heavy (non-hydrogen) atoms. The number of carbonyl (C=O) groups is 1. The molecule has 0 bridgehead atoms. The van der Waals surface area contributed by atoms with E-state index in [-0.39, 0.29) is 37.7 Å². The van der Waals surface area contributed by atoms with Gasteiger partial charge in [0.1, 0.15) is 0 Å². The molecule has 0 aliphatic carbocycles. The second-order valence-corrected chi connectivity index (χ2v) is 0.492. The van der Waals surface area contributed by atoms with Crippen LogP contribution in [0.25, 0.3) is 0 Å². The van der Waals surface area contributed by atoms with Gasteiger partial charge in [0, 0.05) is 5.97 Å². The Hall–Kier alpha value is 0.730. The molecule has 0 amide bonds. The van der Waals surface area contributed by atoms with Crippen LogP contribution in [-0.2, 0) is 4.79 Å². The van der Waals surface area contributed by atoms with Gasteiger partial charge in [-0.15, -0.1) is 0 Å². The summed E-state index contributed by atoms with van der Waals surface area (Å²) in [6.45, 7) is 0.972. The van der Waals surface area contributed by atoms with Crippen LogP contribution in [0.2, 0.25) is 0 Å². The van der Waals surface area contributed by atoms with Crippen molar-refractivity contribution in [1.82, 2.24) is 0 Å². The van der Waals surface area contributed by atoms with Crippen LogP contribution in [0, 0.1) is 0 Å². The standard InChI is InChI=1S/C2H4O2.Ca/c1-2(3)4;/h1H3,(H,3,4);/q;+2/p-1. The molecule has 0 heterocycles. The molecule has 0 rings (SSSR count). The minimum atomic E-state index is -1.08. The minimum absolute atomic E-state index is 0. The maximum Gasteiger partial charge on any atom is 2.00 e. The molecule has 0 aromatic heterocycles. The Labute approximate surface area is 60.2 Å². The molecule has 0 spiro atoms. The third-order valence-corrected chi connectivity index (χ3v) is 0. The van der Waals surface area contributed by atoms with Crippen molar-refractivity contribution in [2.24, 2.45) is 0 Å². The number of hydrogen-bond donors (Lipinski definition) is 0. The van der Waals surface area contributed by atoms with Crippen molar-refractivity contribution in [2.75, 3.05) is 0 Å². The van der Waals surface area contributed by atoms with Crippen molar-refractivity contribution >= 4 is 43.7 Å². The average Bonchev–Trinajstić information content (AvgIpc) is 0.811. The zero-order valence-corrected chi connectivity index (χ0v) is 5.23. The summed E-state index contributed by atoms with van der Waals surface area (Å²) < 4.78 is 0. The monoisotopic (exact) mass is 99.0 g/mol. The number of hydrogen-bond acceptors (Lipinski definition) is 2. The zero-order chi connectivity index (χ0) is 3.58. The Morgan fingerprint density at radius 1 is 1.80 bits per heavy atom. The summed E-state index contributed by atoms with van der Waals surface area (Å²) in [5, 5.41) is 8.89. The Morgan fingerprint density at radius 3 is 1.80 bits per heavy atom. The quantitative estimate of drug-likeness (QED) is 0.342. The molecule has 0 atom stereocenters. The maximum atomic E-state index is 8.89. The third kappa shape index (κ3) is 66.2. The van der Waals surface area contributed by atoms with Crippen molar-refractivity contribution in [3.63, 3.8) is 0 Å². The van der Waals surface area contributed by atoms with Gasteiger partial charge in [0.15, 0.2) is 0 Å². The fraction of sp³-hybridized carbons (Fsp3) is 0.500. The van der Waals surface area contributed by atoms with Crippen LogP contribution in [0.1, 0.15) is 6.92 Å². The number of rotatable bonds is 0. The third-order valence-electron chi connectivity index (χ3n) is 0. The second kappa shape index (κ2) is 4.73. The van der Waals surface area contributed by atoms with Crippen LogP contribution in [0.5, 0.6) is 0 Å². The van der Waals surface area contributed by atoms with Gasteiger partial charge in [0.05, 0.1) is 0 Å². The van der Waals surface area contributed by atoms with E-state index in [1.165, 1.54) is 0 Å². The van der Waals surface area contributed by atoms with Gasteiger partial charge in [-0.1, -0.05) is 0 Å². The smallest absolute Gasteiger partial charge is 0.550 e. The number of carboxylic acid groups (broad SMARTS) is 1. The van der Waals surface area contributed by atoms with Crippen molar-refractivity contribution in [2.45, 2.75) is 6.92 Å². The molecular formula is C2H3CaO2+. The van der Waals surface area contributed by atoms with E-state index in [1.54, 1.807) is 0 Å². The van der Waals surface area contributed by atoms with Crippen molar-refractivity contribution in [3.8, 4) is 0 Å². The Bertz CT molecular complexity index is 30.6. The van der Waals surface area contributed by atoms with E-state index < -0.39 is 5.97 Å². The zero-order valence-electron chi connectivity index (χ0n) is 3.02. The summed E-state index contributed by atoms with van der Waals surface area (Å²) in [5.41, 5.74) is 0. The molecule has 0 radical (unpaired) electrons. The van der Waals surface area contributed by atoms with Crippen LogP contribution >= 0.6 is 0 Å². The predicted molar refractivity (Wildman–Crippen MR) is 16.4 cm³/mol. The number of carbonyl (C=O) groups excluding carboxylic acids is 1. The molecule has 0 saturated heterocycles. The fourth-order valence-electron chi connectivity index (χ4n) is 0. The van der Waals surface area contributed by atoms with Crippen LogP contribution in [-0.4, -0.2) is 43.7 Å². The summed E-state index contributed by atoms with van der Waals surface area (Å²) >= 11 is 0. The first-order valence-electron chi connectivity index (χ1n) is 0.908. The minimum Gasteiger partial charge on any atom is -0.550 e. The molecule has 0 N–H and O–H groups in total. The summed E-state index contributed by atoms with van der Waals surface area (Å²) in [5.74, 6) is -1.08. The first-order valence-corrected chi connectivity index (χ1v) is 0.908. The van der Waals surface area contributed by atoms with Gasteiger partial charge in [-0.2, -0.15) is 0 Å². The van der Waals surface area contributed by atoms with E-state index in [4.69, 9.17) is 9.90 Å². The molecule has 0 aliphatic heterocycles. The first-order chi connectivity index (χ1) is 1.73. The van der Waals surface area contributed by atoms with Gasteiger partial charge in [0.25, 0.3) is 0 Å². The number of aliphatic carboxylic acids is 1. The summed E-state index contributed by atoms with van der Waals surface area (Å²) in [6.07, 6.45) is 0. The average molecular weight is 99.1 g/mol. The molecule has 0 unspecified atom stereocenters. The van der Waals surface area contributed by atoms with Gasteiger partial charge in [-0.05, 0) is 6.92 Å². The largest absolute Gasteiger partial charge is 2.00 e. The number of carboxylic acids is 1. The van der Waals surface area contributed by atoms with E-state index in [0.29, 0.717) is 0 Å². The maximum absolute atomic E-state index is 8.89. The van der Waals surface area contributed by atoms with Crippen LogP contribution in [0.3, 0.4) is 0 Å². The SMILES string of the molecule is CC(=O)[O-].[Ca+2]. The molecule has 0 aliphatic rings. The first kappa shape index (κ1) is 9.21. The normalized spacial score (nSPS) is 5.00. The topological polar surface area (TPSA) is 40.1 Å². The Balaban J connectivity index is 0. The summed E-state index contributed by atoms with van der Waals surface area (Å²) in [4.78, 5) is 8.89. The molecule has 0 aromatic carbocycles. The molecule has 24 valence electrons. The van der Waals surface area contributed by atoms with Gasteiger partial charge in [-0.25, -0.2) is 0 Å². The fourth-order valence-corrected chi connectivity index (χ4v) is 0. The molecule has 0 fully saturated rings. The van der Waals surface area contributed by atoms with Gasteiger partial charge >= 0.3 is 37.7 Å². The van der Waals surface area contributed by atoms with E-state index in [1.807, 2.05) is 0 Å². The van der Waals surface area contributed by atoms with E-state index in [9.17, 15) is 0 Å². The van der Waals surface area contributed by atoms with E-state index in [0.717, 1.165) is 6.92 Å². The Kier molecular flexibility index (Phi) is 8.72. The summed E-state index contributed by atoms with van der Waals surface area (Å²) in [7, 11) is 0. The van der Waals surface area contributed by atoms with Gasteiger partial charge < -0.3 is 9.90 Å². The predicted octanol–water partition coefficient (Wildman–Crippen LogP) is -1.62. The van der Waals surface area contributed by atoms with E-state index >= 15 is 0 Å². The van der Waals surface area contributed by atoms with Gasteiger partial charge in [-0.3, -0.25) is 0 Å². The molecule has 0 aromatic rings. The Morgan fingerprint density at radius 2 is 1.80 bits per heavy atom. The summed E-state index contributed by atoms with van der Waals surface area (Å²) in [6, 6.07) is 0. The van der Waals surface area contributed by atoms with Crippen LogP contribution < -0.4 is 5.11 Å². The second-order valence-electron chi connectivity index (χ2n) is 0.492. The van der Waals surface area contributed by atoms with Crippen molar-refractivity contribution in [1.29, 1.82) is 0 Å². The molecule has 3 heteroatoms. The van der Waals surface area contributed by atoms with Gasteiger partial charge in [0.2, 0.25) is 0 Å². The molecule has 2 nitrogen and oxygen atoms in total. The van der Waals surface area contributed by atoms with Crippen molar-refractivity contribution < 1.29 is 9.90 Å². The van der Waals surface area contributed by atoms with Crippen molar-refractivity contribution in [3.05, 3.63) is 0 Å². The van der Waals surface area contributed by atoms with E-state index in [2.05, 4.69) is 0 Å². The van der Waals surface area contributed by atoms with Crippen LogP contribution in [0.4, 0.5) is 0 Å². The molecular weight excluding hydrogens is 96.1 g/mol. The molecule has 0 saturated carbocycles. The van der Waals surface area contributed by atoms with Crippen LogP contribution in [0.15, 0.2) is 0 Å².